The lowest BCUT2D eigenvalue weighted by Crippen LogP contribution is -1.86. The summed E-state index contributed by atoms with van der Waals surface area (Å²) in [5.74, 6) is 0.642. The third-order valence-electron chi connectivity index (χ3n) is 3.57. The first kappa shape index (κ1) is 14.1. The molecule has 0 aliphatic carbocycles. The number of hydrogen-bond acceptors (Lipinski definition) is 4. The van der Waals surface area contributed by atoms with E-state index >= 15 is 0 Å². The van der Waals surface area contributed by atoms with E-state index < -0.39 is 0 Å². The Balaban J connectivity index is 1.51. The summed E-state index contributed by atoms with van der Waals surface area (Å²) in [7, 11) is 0. The third-order valence-corrected chi connectivity index (χ3v) is 3.57. The number of nitrogen functional groups attached to an aromatic ring is 1. The number of hydrogen-bond donors (Lipinski definition) is 2. The van der Waals surface area contributed by atoms with Crippen LogP contribution in [0.5, 0.6) is 0 Å². The first-order valence-corrected chi connectivity index (χ1v) is 7.58. The largest absolute Gasteiger partial charge is 0.385 e. The van der Waals surface area contributed by atoms with Crippen molar-refractivity contribution in [1.82, 2.24) is 4.98 Å². The van der Waals surface area contributed by atoms with Crippen LogP contribution in [-0.4, -0.2) is 22.6 Å². The van der Waals surface area contributed by atoms with Crippen LogP contribution < -0.4 is 5.73 Å². The van der Waals surface area contributed by atoms with Gasteiger partial charge in [0.1, 0.15) is 5.82 Å². The van der Waals surface area contributed by atoms with Crippen LogP contribution in [0.15, 0.2) is 92.8 Å². The zero-order valence-electron chi connectivity index (χ0n) is 12.8. The lowest BCUT2D eigenvalue weighted by molar-refractivity contribution is 1.36. The van der Waals surface area contributed by atoms with E-state index in [1.807, 2.05) is 66.8 Å². The minimum absolute atomic E-state index is 0.642. The monoisotopic (exact) mass is 313 g/mol. The number of rotatable bonds is 3. The SMILES string of the molecule is Nc1ccc(C=C2C=CC(C=C3C=CC(C=C4C=CC=N4)=N3)=N2)[nH]1. The number of allylic oxidation sites excluding steroid dienone is 8. The van der Waals surface area contributed by atoms with Gasteiger partial charge in [-0.05, 0) is 66.8 Å². The average Bonchev–Trinajstić information content (AvgIpc) is 3.32. The van der Waals surface area contributed by atoms with Crippen LogP contribution in [0.25, 0.3) is 6.08 Å². The second kappa shape index (κ2) is 5.96. The van der Waals surface area contributed by atoms with E-state index in [-0.39, 0.29) is 0 Å². The van der Waals surface area contributed by atoms with E-state index in [9.17, 15) is 0 Å². The molecule has 0 aromatic carbocycles. The summed E-state index contributed by atoms with van der Waals surface area (Å²) in [4.78, 5) is 16.4. The maximum Gasteiger partial charge on any atom is 0.101 e. The van der Waals surface area contributed by atoms with Crippen molar-refractivity contribution < 1.29 is 0 Å². The van der Waals surface area contributed by atoms with Crippen LogP contribution >= 0.6 is 0 Å². The number of H-pyrrole nitrogens is 1. The van der Waals surface area contributed by atoms with E-state index in [4.69, 9.17) is 5.73 Å². The minimum Gasteiger partial charge on any atom is -0.385 e. The fourth-order valence-electron chi connectivity index (χ4n) is 2.49. The van der Waals surface area contributed by atoms with Crippen molar-refractivity contribution in [2.24, 2.45) is 15.0 Å². The molecule has 0 bridgehead atoms. The van der Waals surface area contributed by atoms with Crippen LogP contribution in [-0.2, 0) is 0 Å². The summed E-state index contributed by atoms with van der Waals surface area (Å²) in [5, 5.41) is 0. The normalized spacial score (nSPS) is 23.2. The number of aromatic amines is 1. The van der Waals surface area contributed by atoms with E-state index in [0.29, 0.717) is 5.82 Å². The van der Waals surface area contributed by atoms with Crippen molar-refractivity contribution in [3.63, 3.8) is 0 Å². The van der Waals surface area contributed by atoms with Crippen LogP contribution in [0.3, 0.4) is 0 Å². The summed E-state index contributed by atoms with van der Waals surface area (Å²) in [5.41, 5.74) is 11.0. The van der Waals surface area contributed by atoms with Gasteiger partial charge in [-0.25, -0.2) is 9.98 Å². The molecular weight excluding hydrogens is 298 g/mol. The lowest BCUT2D eigenvalue weighted by atomic mass is 10.2. The van der Waals surface area contributed by atoms with Gasteiger partial charge in [-0.1, -0.05) is 0 Å². The number of aromatic nitrogens is 1. The number of nitrogens with zero attached hydrogens (tertiary/aromatic N) is 3. The molecule has 0 radical (unpaired) electrons. The molecule has 0 unspecified atom stereocenters. The molecule has 5 nitrogen and oxygen atoms in total. The van der Waals surface area contributed by atoms with Gasteiger partial charge in [-0.3, -0.25) is 4.99 Å². The smallest absolute Gasteiger partial charge is 0.101 e. The second-order valence-corrected chi connectivity index (χ2v) is 5.45. The van der Waals surface area contributed by atoms with E-state index in [1.165, 1.54) is 0 Å². The van der Waals surface area contributed by atoms with Gasteiger partial charge < -0.3 is 10.7 Å². The highest BCUT2D eigenvalue weighted by atomic mass is 14.9. The van der Waals surface area contributed by atoms with Gasteiger partial charge >= 0.3 is 0 Å². The van der Waals surface area contributed by atoms with Gasteiger partial charge in [0.2, 0.25) is 0 Å². The topological polar surface area (TPSA) is 78.9 Å². The molecule has 1 aromatic rings. The summed E-state index contributed by atoms with van der Waals surface area (Å²) >= 11 is 0. The van der Waals surface area contributed by atoms with Crippen molar-refractivity contribution in [3.8, 4) is 0 Å². The second-order valence-electron chi connectivity index (χ2n) is 5.45. The van der Waals surface area contributed by atoms with Crippen molar-refractivity contribution >= 4 is 29.5 Å². The quantitative estimate of drug-likeness (QED) is 0.881. The molecule has 5 heteroatoms. The average molecular weight is 313 g/mol. The van der Waals surface area contributed by atoms with Crippen LogP contribution in [0.4, 0.5) is 5.82 Å². The highest BCUT2D eigenvalue weighted by Gasteiger charge is 2.07. The Bertz CT molecular complexity index is 942. The van der Waals surface area contributed by atoms with Gasteiger partial charge in [-0.2, -0.15) is 0 Å². The van der Waals surface area contributed by atoms with E-state index in [1.54, 1.807) is 6.21 Å². The molecule has 3 aliphatic rings. The molecule has 3 N–H and O–H groups in total. The first-order valence-electron chi connectivity index (χ1n) is 7.58. The Morgan fingerprint density at radius 2 is 1.50 bits per heavy atom. The predicted octanol–water partition coefficient (Wildman–Crippen LogP) is 3.37. The molecule has 0 atom stereocenters. The third kappa shape index (κ3) is 3.15. The molecular formula is C19H15N5. The van der Waals surface area contributed by atoms with E-state index in [2.05, 4.69) is 20.0 Å². The molecule has 4 rings (SSSR count). The van der Waals surface area contributed by atoms with Gasteiger partial charge in [0.05, 0.1) is 28.5 Å². The highest BCUT2D eigenvalue weighted by Crippen LogP contribution is 2.18. The maximum atomic E-state index is 5.67. The maximum absolute atomic E-state index is 5.67. The summed E-state index contributed by atoms with van der Waals surface area (Å²) < 4.78 is 0. The fraction of sp³-hybridized carbons (Fsp3) is 0. The van der Waals surface area contributed by atoms with Crippen LogP contribution in [0.2, 0.25) is 0 Å². The van der Waals surface area contributed by atoms with Gasteiger partial charge in [-0.15, -0.1) is 0 Å². The molecule has 0 saturated carbocycles. The first-order chi connectivity index (χ1) is 11.7. The molecule has 0 amide bonds. The Labute approximate surface area is 139 Å². The standard InChI is InChI=1S/C19H15N5/c20-19-8-7-18(24-19)12-17-6-5-16(23-17)11-15-4-3-14(22-15)10-13-2-1-9-21-13/h1-12,24H,20H2. The van der Waals surface area contributed by atoms with Crippen molar-refractivity contribution in [2.45, 2.75) is 0 Å². The zero-order valence-corrected chi connectivity index (χ0v) is 12.8. The highest BCUT2D eigenvalue weighted by molar-refractivity contribution is 6.11. The van der Waals surface area contributed by atoms with E-state index in [0.717, 1.165) is 34.2 Å². The van der Waals surface area contributed by atoms with Gasteiger partial charge in [0.25, 0.3) is 0 Å². The molecule has 0 fully saturated rings. The summed E-state index contributed by atoms with van der Waals surface area (Å²) in [6.07, 6.45) is 19.4. The molecule has 116 valence electrons. The lowest BCUT2D eigenvalue weighted by Gasteiger charge is -1.92. The Hall–Kier alpha value is -3.47. The van der Waals surface area contributed by atoms with Gasteiger partial charge in [0, 0.05) is 11.9 Å². The number of nitrogens with one attached hydrogen (secondary N) is 1. The molecule has 0 spiro atoms. The number of aliphatic imine (C=N–C) groups is 3. The minimum atomic E-state index is 0.642. The van der Waals surface area contributed by atoms with Crippen LogP contribution in [0, 0.1) is 0 Å². The Morgan fingerprint density at radius 1 is 0.792 bits per heavy atom. The van der Waals surface area contributed by atoms with Crippen LogP contribution in [0.1, 0.15) is 5.69 Å². The summed E-state index contributed by atoms with van der Waals surface area (Å²) in [6, 6.07) is 3.75. The zero-order chi connectivity index (χ0) is 16.4. The summed E-state index contributed by atoms with van der Waals surface area (Å²) in [6.45, 7) is 0. The Morgan fingerprint density at radius 3 is 2.12 bits per heavy atom. The fourth-order valence-corrected chi connectivity index (χ4v) is 2.49. The number of anilines is 1. The molecule has 4 heterocycles. The molecule has 1 aromatic heterocycles. The number of nitrogens with two attached hydrogens (primary N) is 1. The predicted molar refractivity (Wildman–Crippen MR) is 100 cm³/mol. The van der Waals surface area contributed by atoms with Crippen molar-refractivity contribution in [3.05, 3.63) is 83.5 Å². The Kier molecular flexibility index (Phi) is 3.51. The molecule has 24 heavy (non-hydrogen) atoms. The van der Waals surface area contributed by atoms with Crippen molar-refractivity contribution in [1.29, 1.82) is 0 Å². The van der Waals surface area contributed by atoms with Gasteiger partial charge in [0.15, 0.2) is 0 Å². The van der Waals surface area contributed by atoms with Crippen molar-refractivity contribution in [2.75, 3.05) is 5.73 Å². The molecule has 3 aliphatic heterocycles. The molecule has 0 saturated heterocycles.